The fraction of sp³-hybridized carbons (Fsp3) is 0.529. The van der Waals surface area contributed by atoms with Crippen LogP contribution in [0.15, 0.2) is 24.3 Å². The molecule has 2 amide bonds. The van der Waals surface area contributed by atoms with Gasteiger partial charge >= 0.3 is 0 Å². The van der Waals surface area contributed by atoms with E-state index in [-0.39, 0.29) is 11.8 Å². The second-order valence-corrected chi connectivity index (χ2v) is 6.31. The molecule has 2 atom stereocenters. The van der Waals surface area contributed by atoms with Gasteiger partial charge in [0.05, 0.1) is 0 Å². The summed E-state index contributed by atoms with van der Waals surface area (Å²) in [6.07, 6.45) is -0.613. The molecule has 2 N–H and O–H groups in total. The Morgan fingerprint density at radius 2 is 1.61 bits per heavy atom. The first-order valence-electron chi connectivity index (χ1n) is 7.78. The highest BCUT2D eigenvalue weighted by Gasteiger charge is 2.17. The molecule has 0 aliphatic carbocycles. The number of amides is 2. The maximum absolute atomic E-state index is 12.0. The third-order valence-electron chi connectivity index (χ3n) is 3.30. The molecule has 0 saturated heterocycles. The van der Waals surface area contributed by atoms with Crippen LogP contribution in [0.1, 0.15) is 39.2 Å². The van der Waals surface area contributed by atoms with Gasteiger partial charge in [0.1, 0.15) is 11.1 Å². The van der Waals surface area contributed by atoms with E-state index in [0.29, 0.717) is 19.0 Å². The summed E-state index contributed by atoms with van der Waals surface area (Å²) >= 11 is 5.63. The Morgan fingerprint density at radius 1 is 1.04 bits per heavy atom. The lowest BCUT2D eigenvalue weighted by Gasteiger charge is -2.18. The summed E-state index contributed by atoms with van der Waals surface area (Å²) in [5.41, 5.74) is 1.07. The third-order valence-corrected chi connectivity index (χ3v) is 3.50. The lowest BCUT2D eigenvalue weighted by molar-refractivity contribution is -0.127. The van der Waals surface area contributed by atoms with Crippen LogP contribution in [0.5, 0.6) is 5.75 Å². The van der Waals surface area contributed by atoms with Gasteiger partial charge < -0.3 is 15.4 Å². The Labute approximate surface area is 142 Å². The zero-order chi connectivity index (χ0) is 17.4. The van der Waals surface area contributed by atoms with Crippen LogP contribution >= 0.6 is 11.6 Å². The lowest BCUT2D eigenvalue weighted by Crippen LogP contribution is -2.41. The van der Waals surface area contributed by atoms with E-state index in [9.17, 15) is 9.59 Å². The molecule has 1 rings (SSSR count). The summed E-state index contributed by atoms with van der Waals surface area (Å²) in [5, 5.41) is 4.76. The molecule has 0 fully saturated rings. The highest BCUT2D eigenvalue weighted by molar-refractivity contribution is 6.30. The monoisotopic (exact) mass is 340 g/mol. The van der Waals surface area contributed by atoms with Crippen molar-refractivity contribution < 1.29 is 14.3 Å². The SMILES string of the molecule is CC(Cl)C(=O)NCCNC(=O)C(C)Oc1ccccc1C(C)C. The second kappa shape index (κ2) is 9.40. The number of halogens is 1. The first-order chi connectivity index (χ1) is 10.8. The minimum absolute atomic E-state index is 0.225. The van der Waals surface area contributed by atoms with Gasteiger partial charge in [-0.05, 0) is 31.4 Å². The minimum atomic E-state index is -0.613. The van der Waals surface area contributed by atoms with Crippen LogP contribution in [0, 0.1) is 0 Å². The molecule has 1 aromatic rings. The Morgan fingerprint density at radius 3 is 2.17 bits per heavy atom. The highest BCUT2D eigenvalue weighted by atomic mass is 35.5. The summed E-state index contributed by atoms with van der Waals surface area (Å²) in [6.45, 7) is 8.11. The summed E-state index contributed by atoms with van der Waals surface area (Å²) < 4.78 is 5.76. The molecular formula is C17H25ClN2O3. The second-order valence-electron chi connectivity index (χ2n) is 5.65. The number of ether oxygens (including phenoxy) is 1. The van der Waals surface area contributed by atoms with Crippen LogP contribution in [0.3, 0.4) is 0 Å². The molecule has 2 unspecified atom stereocenters. The van der Waals surface area contributed by atoms with Crippen molar-refractivity contribution in [2.45, 2.75) is 45.1 Å². The predicted molar refractivity (Wildman–Crippen MR) is 92.0 cm³/mol. The first-order valence-corrected chi connectivity index (χ1v) is 8.21. The van der Waals surface area contributed by atoms with E-state index < -0.39 is 11.5 Å². The van der Waals surface area contributed by atoms with E-state index >= 15 is 0 Å². The number of hydrogen-bond acceptors (Lipinski definition) is 3. The molecule has 0 radical (unpaired) electrons. The van der Waals surface area contributed by atoms with Crippen molar-refractivity contribution in [1.82, 2.24) is 10.6 Å². The Balaban J connectivity index is 2.44. The topological polar surface area (TPSA) is 67.4 Å². The van der Waals surface area contributed by atoms with Crippen molar-refractivity contribution in [2.75, 3.05) is 13.1 Å². The number of carbonyl (C=O) groups is 2. The van der Waals surface area contributed by atoms with E-state index in [1.807, 2.05) is 24.3 Å². The van der Waals surface area contributed by atoms with Crippen molar-refractivity contribution in [2.24, 2.45) is 0 Å². The van der Waals surface area contributed by atoms with E-state index in [1.165, 1.54) is 0 Å². The fourth-order valence-electron chi connectivity index (χ4n) is 1.96. The third kappa shape index (κ3) is 6.48. The van der Waals surface area contributed by atoms with Crippen LogP contribution in [0.4, 0.5) is 0 Å². The van der Waals surface area contributed by atoms with Crippen molar-refractivity contribution in [3.8, 4) is 5.75 Å². The largest absolute Gasteiger partial charge is 0.481 e. The molecule has 0 heterocycles. The average Bonchev–Trinajstić information content (AvgIpc) is 2.51. The van der Waals surface area contributed by atoms with Gasteiger partial charge in [0.15, 0.2) is 6.10 Å². The van der Waals surface area contributed by atoms with Gasteiger partial charge in [0, 0.05) is 13.1 Å². The van der Waals surface area contributed by atoms with E-state index in [1.54, 1.807) is 13.8 Å². The molecule has 0 saturated carbocycles. The molecule has 23 heavy (non-hydrogen) atoms. The minimum Gasteiger partial charge on any atom is -0.481 e. The molecule has 0 aromatic heterocycles. The fourth-order valence-corrected chi connectivity index (χ4v) is 2.04. The van der Waals surface area contributed by atoms with Gasteiger partial charge in [-0.2, -0.15) is 0 Å². The quantitative estimate of drug-likeness (QED) is 0.564. The molecule has 0 spiro atoms. The van der Waals surface area contributed by atoms with Crippen LogP contribution in [0.2, 0.25) is 0 Å². The number of carbonyl (C=O) groups excluding carboxylic acids is 2. The Kier molecular flexibility index (Phi) is 7.89. The zero-order valence-corrected chi connectivity index (χ0v) is 14.8. The van der Waals surface area contributed by atoms with E-state index in [4.69, 9.17) is 16.3 Å². The van der Waals surface area contributed by atoms with Crippen LogP contribution in [-0.2, 0) is 9.59 Å². The van der Waals surface area contributed by atoms with E-state index in [0.717, 1.165) is 11.3 Å². The summed E-state index contributed by atoms with van der Waals surface area (Å²) in [6, 6.07) is 7.69. The molecule has 0 aliphatic rings. The van der Waals surface area contributed by atoms with Crippen molar-refractivity contribution in [3.05, 3.63) is 29.8 Å². The first kappa shape index (κ1) is 19.3. The van der Waals surface area contributed by atoms with Gasteiger partial charge in [-0.15, -0.1) is 11.6 Å². The van der Waals surface area contributed by atoms with Gasteiger partial charge in [0.25, 0.3) is 5.91 Å². The smallest absolute Gasteiger partial charge is 0.260 e. The normalized spacial score (nSPS) is 13.3. The van der Waals surface area contributed by atoms with E-state index in [2.05, 4.69) is 24.5 Å². The van der Waals surface area contributed by atoms with Crippen molar-refractivity contribution >= 4 is 23.4 Å². The average molecular weight is 341 g/mol. The number of rotatable bonds is 8. The number of nitrogens with one attached hydrogen (secondary N) is 2. The van der Waals surface area contributed by atoms with Crippen molar-refractivity contribution in [3.63, 3.8) is 0 Å². The molecule has 5 nitrogen and oxygen atoms in total. The van der Waals surface area contributed by atoms with Crippen LogP contribution in [0.25, 0.3) is 0 Å². The maximum atomic E-state index is 12.0. The lowest BCUT2D eigenvalue weighted by atomic mass is 10.0. The Hall–Kier alpha value is -1.75. The molecule has 0 bridgehead atoms. The predicted octanol–water partition coefficient (Wildman–Crippen LogP) is 2.44. The summed E-state index contributed by atoms with van der Waals surface area (Å²) in [5.74, 6) is 0.552. The number of hydrogen-bond donors (Lipinski definition) is 2. The van der Waals surface area contributed by atoms with Crippen LogP contribution in [-0.4, -0.2) is 36.4 Å². The number of benzene rings is 1. The zero-order valence-electron chi connectivity index (χ0n) is 14.1. The van der Waals surface area contributed by atoms with Gasteiger partial charge in [-0.25, -0.2) is 0 Å². The summed E-state index contributed by atoms with van der Waals surface area (Å²) in [7, 11) is 0. The summed E-state index contributed by atoms with van der Waals surface area (Å²) in [4.78, 5) is 23.3. The molecule has 0 aliphatic heterocycles. The molecule has 1 aromatic carbocycles. The molecule has 6 heteroatoms. The van der Waals surface area contributed by atoms with Gasteiger partial charge in [0.2, 0.25) is 5.91 Å². The molecular weight excluding hydrogens is 316 g/mol. The Bertz CT molecular complexity index is 532. The standard InChI is InChI=1S/C17H25ClN2O3/c1-11(2)14-7-5-6-8-15(14)23-13(4)17(22)20-10-9-19-16(21)12(3)18/h5-8,11-13H,9-10H2,1-4H3,(H,19,21)(H,20,22). The van der Waals surface area contributed by atoms with Crippen molar-refractivity contribution in [1.29, 1.82) is 0 Å². The van der Waals surface area contributed by atoms with Gasteiger partial charge in [-0.3, -0.25) is 9.59 Å². The number of para-hydroxylation sites is 1. The molecule has 128 valence electrons. The number of alkyl halides is 1. The highest BCUT2D eigenvalue weighted by Crippen LogP contribution is 2.26. The maximum Gasteiger partial charge on any atom is 0.260 e. The van der Waals surface area contributed by atoms with Gasteiger partial charge in [-0.1, -0.05) is 32.0 Å². The van der Waals surface area contributed by atoms with Crippen LogP contribution < -0.4 is 15.4 Å².